The van der Waals surface area contributed by atoms with Crippen LogP contribution < -0.4 is 20.9 Å². The fourth-order valence-electron chi connectivity index (χ4n) is 9.83. The van der Waals surface area contributed by atoms with Gasteiger partial charge in [0.25, 0.3) is 11.8 Å². The van der Waals surface area contributed by atoms with E-state index in [0.717, 1.165) is 87.3 Å². The largest absolute Gasteiger partial charge is 0.387 e. The van der Waals surface area contributed by atoms with Gasteiger partial charge in [-0.3, -0.25) is 44.1 Å². The van der Waals surface area contributed by atoms with Gasteiger partial charge in [0, 0.05) is 68.2 Å². The molecule has 5 aromatic rings. The number of aromatic nitrogens is 5. The zero-order valence-electron chi connectivity index (χ0n) is 33.4. The van der Waals surface area contributed by atoms with E-state index >= 15 is 0 Å². The summed E-state index contributed by atoms with van der Waals surface area (Å²) in [5.41, 5.74) is 5.65. The van der Waals surface area contributed by atoms with Crippen molar-refractivity contribution >= 4 is 57.8 Å². The van der Waals surface area contributed by atoms with Crippen molar-refractivity contribution in [1.29, 1.82) is 5.26 Å². The first-order valence-corrected chi connectivity index (χ1v) is 21.4. The number of nitriles is 1. The number of benzene rings is 1. The highest BCUT2D eigenvalue weighted by Gasteiger charge is 2.52. The third kappa shape index (κ3) is 6.68. The van der Waals surface area contributed by atoms with E-state index in [1.165, 1.54) is 0 Å². The number of carbonyl (C=O) groups is 5. The standard InChI is InChI=1S/C43H42N12O5S/c1-45-31-20-32(33-5-3-27-18-25(21-44)22-47-55(27)33)46-23-30(31)38-50-51-41(61-38)42-8-11-43(12-9-42,13-10-42)49-36(57)24-52-14-16-53(17-15-52)26-2-4-28-29(19-26)40(60)54(39(28)59)34-6-7-35(56)48-37(34)58/h2-5,18-20,22-23,34H,6-17,24H2,1H3,(H,45,46)(H,49,57)(H,48,56,58). The number of piperidine rings is 1. The molecule has 7 heterocycles. The van der Waals surface area contributed by atoms with Crippen molar-refractivity contribution in [2.24, 2.45) is 0 Å². The number of piperazine rings is 1. The van der Waals surface area contributed by atoms with E-state index < -0.39 is 29.7 Å². The van der Waals surface area contributed by atoms with Crippen molar-refractivity contribution < 1.29 is 24.0 Å². The third-order valence-corrected chi connectivity index (χ3v) is 14.6. The number of hydrogen-bond acceptors (Lipinski definition) is 14. The van der Waals surface area contributed by atoms with Crippen LogP contribution in [0.25, 0.3) is 27.5 Å². The molecule has 3 N–H and O–H groups in total. The van der Waals surface area contributed by atoms with Crippen LogP contribution in [-0.2, 0) is 19.8 Å². The maximum absolute atomic E-state index is 13.5. The van der Waals surface area contributed by atoms with Crippen molar-refractivity contribution in [2.75, 3.05) is 50.0 Å². The molecule has 11 rings (SSSR count). The molecular weight excluding hydrogens is 797 g/mol. The lowest BCUT2D eigenvalue weighted by Crippen LogP contribution is -2.59. The molecule has 18 heteroatoms. The summed E-state index contributed by atoms with van der Waals surface area (Å²) in [7, 11) is 1.87. The minimum Gasteiger partial charge on any atom is -0.387 e. The Hall–Kier alpha value is -6.58. The van der Waals surface area contributed by atoms with E-state index in [1.54, 1.807) is 40.2 Å². The topological polar surface area (TPSA) is 211 Å². The Morgan fingerprint density at radius 3 is 2.43 bits per heavy atom. The highest BCUT2D eigenvalue weighted by molar-refractivity contribution is 7.14. The molecule has 0 spiro atoms. The minimum atomic E-state index is -1.00. The van der Waals surface area contributed by atoms with Gasteiger partial charge in [-0.1, -0.05) is 11.3 Å². The molecule has 1 unspecified atom stereocenters. The summed E-state index contributed by atoms with van der Waals surface area (Å²) < 4.78 is 1.78. The highest BCUT2D eigenvalue weighted by Crippen LogP contribution is 2.54. The van der Waals surface area contributed by atoms with Gasteiger partial charge in [0.15, 0.2) is 5.01 Å². The molecule has 6 aliphatic rings. The average Bonchev–Trinajstić information content (AvgIpc) is 4.01. The van der Waals surface area contributed by atoms with E-state index in [2.05, 4.69) is 42.0 Å². The first-order valence-electron chi connectivity index (χ1n) is 20.6. The summed E-state index contributed by atoms with van der Waals surface area (Å²) in [6.45, 7) is 2.91. The third-order valence-electron chi connectivity index (χ3n) is 13.4. The van der Waals surface area contributed by atoms with Gasteiger partial charge in [0.2, 0.25) is 17.7 Å². The molecule has 3 aliphatic carbocycles. The average molecular weight is 839 g/mol. The molecule has 1 aromatic carbocycles. The first kappa shape index (κ1) is 38.6. The van der Waals surface area contributed by atoms with E-state index in [-0.39, 0.29) is 40.8 Å². The Kier molecular flexibility index (Phi) is 9.40. The van der Waals surface area contributed by atoms with Crippen LogP contribution in [0.4, 0.5) is 11.4 Å². The van der Waals surface area contributed by atoms with Crippen LogP contribution >= 0.6 is 11.3 Å². The van der Waals surface area contributed by atoms with Crippen LogP contribution in [0.1, 0.15) is 82.7 Å². The summed E-state index contributed by atoms with van der Waals surface area (Å²) in [6, 6.07) is 13.9. The van der Waals surface area contributed by atoms with Gasteiger partial charge in [-0.15, -0.1) is 10.2 Å². The lowest BCUT2D eigenvalue weighted by Gasteiger charge is -2.52. The number of nitrogens with one attached hydrogen (secondary N) is 3. The van der Waals surface area contributed by atoms with Crippen molar-refractivity contribution in [1.82, 2.24) is 45.2 Å². The van der Waals surface area contributed by atoms with Crippen molar-refractivity contribution in [3.8, 4) is 28.0 Å². The molecule has 310 valence electrons. The Morgan fingerprint density at radius 1 is 0.918 bits per heavy atom. The summed E-state index contributed by atoms with van der Waals surface area (Å²) in [6.07, 6.45) is 8.99. The number of nitrogens with zero attached hydrogens (tertiary/aromatic N) is 9. The monoisotopic (exact) mass is 838 g/mol. The van der Waals surface area contributed by atoms with Crippen LogP contribution in [-0.4, -0.2) is 115 Å². The van der Waals surface area contributed by atoms with E-state index in [4.69, 9.17) is 10.1 Å². The summed E-state index contributed by atoms with van der Waals surface area (Å²) in [5.74, 6) is -2.06. The minimum absolute atomic E-state index is 0.0302. The molecule has 2 saturated heterocycles. The second kappa shape index (κ2) is 14.9. The molecule has 17 nitrogen and oxygen atoms in total. The highest BCUT2D eigenvalue weighted by atomic mass is 32.1. The fourth-order valence-corrected chi connectivity index (χ4v) is 11.0. The predicted molar refractivity (Wildman–Crippen MR) is 224 cm³/mol. The van der Waals surface area contributed by atoms with E-state index in [1.807, 2.05) is 37.5 Å². The van der Waals surface area contributed by atoms with Gasteiger partial charge in [0.05, 0.1) is 51.9 Å². The normalized spacial score (nSPS) is 23.9. The zero-order chi connectivity index (χ0) is 42.0. The second-order valence-electron chi connectivity index (χ2n) is 16.7. The molecule has 5 amide bonds. The van der Waals surface area contributed by atoms with Gasteiger partial charge in [-0.2, -0.15) is 10.4 Å². The van der Waals surface area contributed by atoms with Crippen LogP contribution in [0.2, 0.25) is 0 Å². The Labute approximate surface area is 354 Å². The molecule has 4 aromatic heterocycles. The van der Waals surface area contributed by atoms with Gasteiger partial charge < -0.3 is 15.5 Å². The summed E-state index contributed by atoms with van der Waals surface area (Å²) in [4.78, 5) is 74.2. The molecule has 3 aliphatic heterocycles. The van der Waals surface area contributed by atoms with Crippen LogP contribution in [0.15, 0.2) is 54.9 Å². The number of hydrogen-bond donors (Lipinski definition) is 3. The van der Waals surface area contributed by atoms with Gasteiger partial charge >= 0.3 is 0 Å². The lowest BCUT2D eigenvalue weighted by atomic mass is 9.57. The quantitative estimate of drug-likeness (QED) is 0.182. The van der Waals surface area contributed by atoms with Crippen molar-refractivity contribution in [3.05, 3.63) is 76.6 Å². The molecule has 0 radical (unpaired) electrons. The molecule has 1 atom stereocenters. The second-order valence-corrected chi connectivity index (χ2v) is 17.7. The van der Waals surface area contributed by atoms with Crippen molar-refractivity contribution in [3.63, 3.8) is 0 Å². The molecular formula is C43H42N12O5S. The van der Waals surface area contributed by atoms with E-state index in [9.17, 15) is 29.2 Å². The number of imide groups is 2. The molecule has 3 saturated carbocycles. The molecule has 5 fully saturated rings. The van der Waals surface area contributed by atoms with Crippen LogP contribution in [0.5, 0.6) is 0 Å². The smallest absolute Gasteiger partial charge is 0.262 e. The Balaban J connectivity index is 0.735. The maximum atomic E-state index is 13.5. The van der Waals surface area contributed by atoms with Crippen LogP contribution in [0.3, 0.4) is 0 Å². The zero-order valence-corrected chi connectivity index (χ0v) is 34.3. The summed E-state index contributed by atoms with van der Waals surface area (Å²) in [5, 5.41) is 33.9. The number of anilines is 2. The Bertz CT molecular complexity index is 2690. The first-order chi connectivity index (χ1) is 29.6. The van der Waals surface area contributed by atoms with Gasteiger partial charge in [-0.25, -0.2) is 4.52 Å². The summed E-state index contributed by atoms with van der Waals surface area (Å²) >= 11 is 1.62. The number of fused-ring (bicyclic) bond motifs is 5. The predicted octanol–water partition coefficient (Wildman–Crippen LogP) is 3.51. The van der Waals surface area contributed by atoms with Crippen LogP contribution in [0, 0.1) is 11.3 Å². The lowest BCUT2D eigenvalue weighted by molar-refractivity contribution is -0.136. The van der Waals surface area contributed by atoms with Gasteiger partial charge in [0.1, 0.15) is 17.1 Å². The Morgan fingerprint density at radius 2 is 1.69 bits per heavy atom. The molecule has 2 bridgehead atoms. The number of amides is 5. The van der Waals surface area contributed by atoms with Gasteiger partial charge in [-0.05, 0) is 87.4 Å². The number of carbonyl (C=O) groups excluding carboxylic acids is 5. The number of pyridine rings is 1. The SMILES string of the molecule is CNc1cc(-c2ccc3cc(C#N)cnn23)ncc1-c1nnc(C23CCC(NC(=O)CN4CCN(c5ccc6c(c5)C(=O)N(C5CCC(=O)NC5=O)C6=O)CC4)(CC2)CC3)s1. The van der Waals surface area contributed by atoms with Crippen molar-refractivity contribution in [2.45, 2.75) is 68.4 Å². The molecule has 61 heavy (non-hydrogen) atoms. The number of rotatable bonds is 9. The fraction of sp³-hybridized carbons (Fsp3) is 0.395. The maximum Gasteiger partial charge on any atom is 0.262 e. The van der Waals surface area contributed by atoms with E-state index in [0.29, 0.717) is 38.3 Å².